The van der Waals surface area contributed by atoms with Gasteiger partial charge in [-0.05, 0) is 45.0 Å². The van der Waals surface area contributed by atoms with Crippen LogP contribution in [0.15, 0.2) is 30.6 Å². The molecule has 1 aromatic carbocycles. The van der Waals surface area contributed by atoms with Crippen LogP contribution in [-0.4, -0.2) is 92.1 Å². The fourth-order valence-electron chi connectivity index (χ4n) is 6.04. The van der Waals surface area contributed by atoms with Crippen molar-refractivity contribution in [1.29, 1.82) is 0 Å². The Hall–Kier alpha value is -3.87. The van der Waals surface area contributed by atoms with E-state index in [2.05, 4.69) is 39.3 Å². The lowest BCUT2D eigenvalue weighted by atomic mass is 9.85. The number of alkyl halides is 2. The molecule has 2 N–H and O–H groups in total. The molecule has 2 saturated heterocycles. The van der Waals surface area contributed by atoms with Crippen molar-refractivity contribution in [2.75, 3.05) is 62.0 Å². The number of piperidine rings is 1. The second-order valence-electron chi connectivity index (χ2n) is 11.6. The van der Waals surface area contributed by atoms with Gasteiger partial charge in [-0.3, -0.25) is 14.5 Å². The van der Waals surface area contributed by atoms with E-state index >= 15 is 4.39 Å². The molecule has 232 valence electrons. The van der Waals surface area contributed by atoms with E-state index in [1.54, 1.807) is 18.5 Å². The molecule has 4 atom stereocenters. The molecule has 2 unspecified atom stereocenters. The molecule has 3 aliphatic rings. The third kappa shape index (κ3) is 6.56. The van der Waals surface area contributed by atoms with E-state index in [1.165, 1.54) is 13.2 Å². The maximum absolute atomic E-state index is 16.0. The number of likely N-dealkylation sites (N-methyl/N-ethyl adjacent to an activating group) is 1. The van der Waals surface area contributed by atoms with Gasteiger partial charge in [-0.25, -0.2) is 23.1 Å². The molecule has 2 aromatic rings. The zero-order valence-corrected chi connectivity index (χ0v) is 24.8. The lowest BCUT2D eigenvalue weighted by molar-refractivity contribution is -0.133. The first-order chi connectivity index (χ1) is 20.5. The van der Waals surface area contributed by atoms with Crippen molar-refractivity contribution in [3.63, 3.8) is 0 Å². The number of hydrogen-bond donors (Lipinski definition) is 2. The van der Waals surface area contributed by atoms with E-state index in [1.807, 2.05) is 22.9 Å². The topological polar surface area (TPSA) is 103 Å². The Morgan fingerprint density at radius 2 is 1.84 bits per heavy atom. The molecule has 2 fully saturated rings. The average molecular weight is 602 g/mol. The van der Waals surface area contributed by atoms with Crippen molar-refractivity contribution in [2.24, 2.45) is 11.8 Å². The number of amides is 2. The molecular weight excluding hydrogens is 563 g/mol. The van der Waals surface area contributed by atoms with Crippen LogP contribution in [0.2, 0.25) is 0 Å². The SMILES string of the molecule is COc1cnc(N2CCC=C(c3cc(NC(=O)C4CNC(=O)CC4C(F)F)c(N4C[C@@H](C)N(C)[C@@H](C)C4)cc3F)C2)nc1. The summed E-state index contributed by atoms with van der Waals surface area (Å²) in [6.07, 6.45) is 2.46. The molecule has 0 saturated carbocycles. The molecule has 13 heteroatoms. The molecule has 4 heterocycles. The number of anilines is 3. The summed E-state index contributed by atoms with van der Waals surface area (Å²) in [5.74, 6) is -3.11. The van der Waals surface area contributed by atoms with Gasteiger partial charge in [0, 0.05) is 62.7 Å². The summed E-state index contributed by atoms with van der Waals surface area (Å²) in [6.45, 7) is 6.12. The van der Waals surface area contributed by atoms with Gasteiger partial charge in [-0.15, -0.1) is 0 Å². The molecule has 1 aromatic heterocycles. The van der Waals surface area contributed by atoms with Crippen molar-refractivity contribution >= 4 is 34.7 Å². The molecular formula is C30H38F3N7O3. The van der Waals surface area contributed by atoms with Crippen LogP contribution in [0.5, 0.6) is 5.75 Å². The Kier molecular flexibility index (Phi) is 9.09. The molecule has 43 heavy (non-hydrogen) atoms. The number of benzene rings is 1. The van der Waals surface area contributed by atoms with Gasteiger partial charge in [-0.2, -0.15) is 0 Å². The van der Waals surface area contributed by atoms with E-state index in [0.29, 0.717) is 66.8 Å². The largest absolute Gasteiger partial charge is 0.494 e. The van der Waals surface area contributed by atoms with Crippen molar-refractivity contribution in [3.05, 3.63) is 42.0 Å². The third-order valence-corrected chi connectivity index (χ3v) is 8.79. The lowest BCUT2D eigenvalue weighted by Crippen LogP contribution is -2.55. The maximum Gasteiger partial charge on any atom is 0.242 e. The summed E-state index contributed by atoms with van der Waals surface area (Å²) in [5, 5.41) is 5.39. The molecule has 10 nitrogen and oxygen atoms in total. The van der Waals surface area contributed by atoms with Gasteiger partial charge in [0.25, 0.3) is 0 Å². The second-order valence-corrected chi connectivity index (χ2v) is 11.6. The molecule has 0 spiro atoms. The number of carbonyl (C=O) groups is 2. The first-order valence-electron chi connectivity index (χ1n) is 14.5. The second kappa shape index (κ2) is 12.8. The minimum absolute atomic E-state index is 0.158. The summed E-state index contributed by atoms with van der Waals surface area (Å²) in [6, 6.07) is 3.34. The number of piperazine rings is 1. The number of methoxy groups -OCH3 is 1. The molecule has 0 radical (unpaired) electrons. The van der Waals surface area contributed by atoms with Crippen LogP contribution in [0.4, 0.5) is 30.5 Å². The molecule has 2 amide bonds. The summed E-state index contributed by atoms with van der Waals surface area (Å²) in [4.78, 5) is 40.2. The van der Waals surface area contributed by atoms with Crippen LogP contribution in [0.1, 0.15) is 32.3 Å². The van der Waals surface area contributed by atoms with Crippen molar-refractivity contribution in [3.8, 4) is 5.75 Å². The number of nitrogens with one attached hydrogen (secondary N) is 2. The lowest BCUT2D eigenvalue weighted by Gasteiger charge is -2.44. The highest BCUT2D eigenvalue weighted by Gasteiger charge is 2.40. The average Bonchev–Trinajstić information content (AvgIpc) is 3.00. The number of rotatable bonds is 7. The Balaban J connectivity index is 1.48. The standard InChI is InChI=1S/C30H38F3N7O3/c1-17-14-40(15-18(2)38(17)3)26-10-24(31)21(19-6-5-7-39(16-19)30-35-11-20(43-4)12-36-30)8-25(26)37-29(42)23-13-34-27(41)9-22(23)28(32)33/h6,8,10-12,17-18,22-23,28H,5,7,9,13-16H2,1-4H3,(H,34,41)(H,37,42)/t17-,18+,22?,23?. The van der Waals surface area contributed by atoms with Crippen LogP contribution < -0.4 is 25.2 Å². The number of halogens is 3. The van der Waals surface area contributed by atoms with E-state index in [-0.39, 0.29) is 18.6 Å². The number of ether oxygens (including phenoxy) is 1. The summed E-state index contributed by atoms with van der Waals surface area (Å²) < 4.78 is 48.8. The monoisotopic (exact) mass is 601 g/mol. The van der Waals surface area contributed by atoms with Crippen LogP contribution in [-0.2, 0) is 9.59 Å². The molecule has 0 bridgehead atoms. The number of nitrogens with zero attached hydrogens (tertiary/aromatic N) is 5. The Labute approximate surface area is 249 Å². The van der Waals surface area contributed by atoms with E-state index in [4.69, 9.17) is 4.74 Å². The summed E-state index contributed by atoms with van der Waals surface area (Å²) in [5.41, 5.74) is 1.83. The van der Waals surface area contributed by atoms with Gasteiger partial charge in [0.05, 0.1) is 36.8 Å². The summed E-state index contributed by atoms with van der Waals surface area (Å²) >= 11 is 0. The fraction of sp³-hybridized carbons (Fsp3) is 0.533. The van der Waals surface area contributed by atoms with Crippen LogP contribution in [0.25, 0.3) is 5.57 Å². The van der Waals surface area contributed by atoms with Gasteiger partial charge in [0.1, 0.15) is 5.82 Å². The quantitative estimate of drug-likeness (QED) is 0.498. The molecule has 3 aliphatic heterocycles. The normalized spacial score (nSPS) is 24.9. The van der Waals surface area contributed by atoms with Crippen molar-refractivity contribution < 1.29 is 27.5 Å². The minimum Gasteiger partial charge on any atom is -0.494 e. The predicted molar refractivity (Wildman–Crippen MR) is 158 cm³/mol. The highest BCUT2D eigenvalue weighted by atomic mass is 19.3. The van der Waals surface area contributed by atoms with Gasteiger partial charge in [0.15, 0.2) is 5.75 Å². The van der Waals surface area contributed by atoms with E-state index in [0.717, 1.165) is 0 Å². The first kappa shape index (κ1) is 30.6. The predicted octanol–water partition coefficient (Wildman–Crippen LogP) is 3.40. The Morgan fingerprint density at radius 1 is 1.14 bits per heavy atom. The fourth-order valence-corrected chi connectivity index (χ4v) is 6.04. The van der Waals surface area contributed by atoms with Crippen molar-refractivity contribution in [1.82, 2.24) is 20.2 Å². The molecule has 5 rings (SSSR count). The molecule has 0 aliphatic carbocycles. The highest BCUT2D eigenvalue weighted by molar-refractivity contribution is 5.98. The van der Waals surface area contributed by atoms with Gasteiger partial charge in [0.2, 0.25) is 24.2 Å². The van der Waals surface area contributed by atoms with Crippen LogP contribution >= 0.6 is 0 Å². The van der Waals surface area contributed by atoms with Crippen LogP contribution in [0.3, 0.4) is 0 Å². The summed E-state index contributed by atoms with van der Waals surface area (Å²) in [7, 11) is 3.57. The minimum atomic E-state index is -2.83. The Bertz CT molecular complexity index is 1360. The third-order valence-electron chi connectivity index (χ3n) is 8.79. The van der Waals surface area contributed by atoms with E-state index < -0.39 is 42.3 Å². The van der Waals surface area contributed by atoms with Crippen molar-refractivity contribution in [2.45, 2.75) is 45.2 Å². The van der Waals surface area contributed by atoms with Crippen LogP contribution in [0, 0.1) is 17.7 Å². The van der Waals surface area contributed by atoms with Gasteiger partial charge < -0.3 is 25.2 Å². The Morgan fingerprint density at radius 3 is 2.49 bits per heavy atom. The van der Waals surface area contributed by atoms with Gasteiger partial charge in [-0.1, -0.05) is 6.08 Å². The first-order valence-corrected chi connectivity index (χ1v) is 14.5. The zero-order valence-electron chi connectivity index (χ0n) is 24.8. The number of hydrogen-bond acceptors (Lipinski definition) is 8. The smallest absolute Gasteiger partial charge is 0.242 e. The maximum atomic E-state index is 16.0. The van der Waals surface area contributed by atoms with E-state index in [9.17, 15) is 18.4 Å². The zero-order chi connectivity index (χ0) is 30.8. The highest BCUT2D eigenvalue weighted by Crippen LogP contribution is 2.37. The number of carbonyl (C=O) groups excluding carboxylic acids is 2. The van der Waals surface area contributed by atoms with Gasteiger partial charge >= 0.3 is 0 Å². The number of aromatic nitrogens is 2.